The van der Waals surface area contributed by atoms with Gasteiger partial charge in [-0.05, 0) is 45.5 Å². The fraction of sp³-hybridized carbons (Fsp3) is 0.500. The van der Waals surface area contributed by atoms with Crippen LogP contribution >= 0.6 is 0 Å². The molecule has 2 aromatic rings. The van der Waals surface area contributed by atoms with Gasteiger partial charge in [-0.1, -0.05) is 18.2 Å². The molecule has 1 aromatic heterocycles. The smallest absolute Gasteiger partial charge is 0.134 e. The number of aryl methyl sites for hydroxylation is 1. The summed E-state index contributed by atoms with van der Waals surface area (Å²) in [5.41, 5.74) is 2.30. The highest BCUT2D eigenvalue weighted by Crippen LogP contribution is 2.25. The maximum absolute atomic E-state index is 5.79. The highest BCUT2D eigenvalue weighted by molar-refractivity contribution is 5.82. The van der Waals surface area contributed by atoms with Crippen molar-refractivity contribution in [1.29, 1.82) is 0 Å². The molecule has 0 saturated carbocycles. The first-order valence-electron chi connectivity index (χ1n) is 7.10. The van der Waals surface area contributed by atoms with Crippen LogP contribution in [0.4, 0.5) is 0 Å². The van der Waals surface area contributed by atoms with Gasteiger partial charge in [0.1, 0.15) is 11.3 Å². The Morgan fingerprint density at radius 3 is 3.00 bits per heavy atom. The molecule has 1 N–H and O–H groups in total. The summed E-state index contributed by atoms with van der Waals surface area (Å²) >= 11 is 0. The fourth-order valence-electron chi connectivity index (χ4n) is 3.04. The Morgan fingerprint density at radius 2 is 2.21 bits per heavy atom. The Labute approximate surface area is 114 Å². The van der Waals surface area contributed by atoms with Crippen LogP contribution in [0.1, 0.15) is 17.7 Å². The van der Waals surface area contributed by atoms with E-state index in [9.17, 15) is 0 Å². The zero-order valence-electron chi connectivity index (χ0n) is 11.8. The van der Waals surface area contributed by atoms with Gasteiger partial charge in [-0.2, -0.15) is 0 Å². The van der Waals surface area contributed by atoms with Crippen LogP contribution in [0.15, 0.2) is 28.7 Å². The first-order chi connectivity index (χ1) is 9.24. The molecule has 0 radical (unpaired) electrons. The molecule has 2 heterocycles. The van der Waals surface area contributed by atoms with Crippen LogP contribution in [0.2, 0.25) is 0 Å². The van der Waals surface area contributed by atoms with Crippen molar-refractivity contribution in [2.45, 2.75) is 19.9 Å². The lowest BCUT2D eigenvalue weighted by atomic mass is 10.1. The molecule has 1 aliphatic heterocycles. The van der Waals surface area contributed by atoms with Gasteiger partial charge in [-0.25, -0.2) is 0 Å². The van der Waals surface area contributed by atoms with Gasteiger partial charge in [0.2, 0.25) is 0 Å². The predicted octanol–water partition coefficient (Wildman–Crippen LogP) is 2.78. The lowest BCUT2D eigenvalue weighted by Gasteiger charge is -2.11. The third-order valence-electron chi connectivity index (χ3n) is 4.12. The molecular weight excluding hydrogens is 236 g/mol. The van der Waals surface area contributed by atoms with E-state index >= 15 is 0 Å². The van der Waals surface area contributed by atoms with Gasteiger partial charge in [0.25, 0.3) is 0 Å². The molecule has 19 heavy (non-hydrogen) atoms. The third-order valence-corrected chi connectivity index (χ3v) is 4.12. The minimum absolute atomic E-state index is 0.795. The quantitative estimate of drug-likeness (QED) is 0.914. The van der Waals surface area contributed by atoms with E-state index in [2.05, 4.69) is 36.3 Å². The van der Waals surface area contributed by atoms with Gasteiger partial charge in [0.05, 0.1) is 0 Å². The van der Waals surface area contributed by atoms with Gasteiger partial charge in [-0.15, -0.1) is 0 Å². The summed E-state index contributed by atoms with van der Waals surface area (Å²) in [5, 5.41) is 4.84. The second kappa shape index (κ2) is 5.35. The average molecular weight is 258 g/mol. The van der Waals surface area contributed by atoms with Gasteiger partial charge >= 0.3 is 0 Å². The van der Waals surface area contributed by atoms with Crippen molar-refractivity contribution in [2.75, 3.05) is 26.7 Å². The molecule has 0 aliphatic carbocycles. The SMILES string of the molecule is Cc1oc2ccccc2c1CNCC1CCN(C)C1. The first-order valence-corrected chi connectivity index (χ1v) is 7.10. The number of furan rings is 1. The number of rotatable bonds is 4. The first kappa shape index (κ1) is 12.7. The topological polar surface area (TPSA) is 28.4 Å². The van der Waals surface area contributed by atoms with E-state index in [1.54, 1.807) is 0 Å². The number of para-hydroxylation sites is 1. The molecule has 1 aliphatic rings. The molecule has 102 valence electrons. The molecule has 1 saturated heterocycles. The molecule has 0 bridgehead atoms. The highest BCUT2D eigenvalue weighted by Gasteiger charge is 2.19. The van der Waals surface area contributed by atoms with Gasteiger partial charge < -0.3 is 14.6 Å². The summed E-state index contributed by atoms with van der Waals surface area (Å²) in [5.74, 6) is 1.83. The number of nitrogens with zero attached hydrogens (tertiary/aromatic N) is 1. The largest absolute Gasteiger partial charge is 0.461 e. The third kappa shape index (κ3) is 2.67. The molecule has 3 heteroatoms. The Hall–Kier alpha value is -1.32. The Morgan fingerprint density at radius 1 is 1.37 bits per heavy atom. The molecule has 3 nitrogen and oxygen atoms in total. The Kier molecular flexibility index (Phi) is 3.58. The number of likely N-dealkylation sites (tertiary alicyclic amines) is 1. The van der Waals surface area contributed by atoms with Crippen LogP contribution in [-0.2, 0) is 6.54 Å². The zero-order chi connectivity index (χ0) is 13.2. The standard InChI is InChI=1S/C16H22N2O/c1-12-15(14-5-3-4-6-16(14)19-12)10-17-9-13-7-8-18(2)11-13/h3-6,13,17H,7-11H2,1-2H3. The summed E-state index contributed by atoms with van der Waals surface area (Å²) in [4.78, 5) is 2.41. The van der Waals surface area contributed by atoms with Crippen LogP contribution in [-0.4, -0.2) is 31.6 Å². The van der Waals surface area contributed by atoms with Crippen molar-refractivity contribution >= 4 is 11.0 Å². The second-order valence-electron chi connectivity index (χ2n) is 5.68. The van der Waals surface area contributed by atoms with Crippen LogP contribution in [0.3, 0.4) is 0 Å². The van der Waals surface area contributed by atoms with Crippen molar-refractivity contribution in [3.8, 4) is 0 Å². The van der Waals surface area contributed by atoms with Crippen LogP contribution in [0.25, 0.3) is 11.0 Å². The lowest BCUT2D eigenvalue weighted by molar-refractivity contribution is 0.388. The van der Waals surface area contributed by atoms with Gasteiger partial charge in [0.15, 0.2) is 0 Å². The minimum atomic E-state index is 0.795. The van der Waals surface area contributed by atoms with Crippen LogP contribution < -0.4 is 5.32 Å². The maximum Gasteiger partial charge on any atom is 0.134 e. The van der Waals surface area contributed by atoms with Crippen molar-refractivity contribution in [2.24, 2.45) is 5.92 Å². The number of benzene rings is 1. The maximum atomic E-state index is 5.79. The summed E-state index contributed by atoms with van der Waals surface area (Å²) in [6, 6.07) is 8.29. The number of hydrogen-bond donors (Lipinski definition) is 1. The van der Waals surface area contributed by atoms with Gasteiger partial charge in [0, 0.05) is 24.0 Å². The molecule has 0 amide bonds. The molecule has 1 fully saturated rings. The number of hydrogen-bond acceptors (Lipinski definition) is 3. The van der Waals surface area contributed by atoms with E-state index in [0.29, 0.717) is 0 Å². The molecular formula is C16H22N2O. The Balaban J connectivity index is 1.63. The van der Waals surface area contributed by atoms with E-state index < -0.39 is 0 Å². The van der Waals surface area contributed by atoms with E-state index in [1.165, 1.54) is 30.5 Å². The number of fused-ring (bicyclic) bond motifs is 1. The van der Waals surface area contributed by atoms with Crippen molar-refractivity contribution in [1.82, 2.24) is 10.2 Å². The molecule has 1 aromatic carbocycles. The number of nitrogens with one attached hydrogen (secondary N) is 1. The summed E-state index contributed by atoms with van der Waals surface area (Å²) in [6.07, 6.45) is 1.31. The van der Waals surface area contributed by atoms with Crippen LogP contribution in [0.5, 0.6) is 0 Å². The highest BCUT2D eigenvalue weighted by atomic mass is 16.3. The summed E-state index contributed by atoms with van der Waals surface area (Å²) in [7, 11) is 2.20. The molecule has 0 spiro atoms. The second-order valence-corrected chi connectivity index (χ2v) is 5.68. The normalized spacial score (nSPS) is 20.4. The zero-order valence-corrected chi connectivity index (χ0v) is 11.8. The van der Waals surface area contributed by atoms with Crippen molar-refractivity contribution < 1.29 is 4.42 Å². The average Bonchev–Trinajstić information content (AvgIpc) is 2.94. The van der Waals surface area contributed by atoms with Crippen LogP contribution in [0, 0.1) is 12.8 Å². The molecule has 1 unspecified atom stereocenters. The minimum Gasteiger partial charge on any atom is -0.461 e. The van der Waals surface area contributed by atoms with E-state index in [1.807, 2.05) is 12.1 Å². The fourth-order valence-corrected chi connectivity index (χ4v) is 3.04. The Bertz CT molecular complexity index is 561. The van der Waals surface area contributed by atoms with Gasteiger partial charge in [-0.3, -0.25) is 0 Å². The summed E-state index contributed by atoms with van der Waals surface area (Å²) in [6.45, 7) is 6.52. The van der Waals surface area contributed by atoms with Crippen molar-refractivity contribution in [3.05, 3.63) is 35.6 Å². The molecule has 1 atom stereocenters. The van der Waals surface area contributed by atoms with E-state index in [4.69, 9.17) is 4.42 Å². The van der Waals surface area contributed by atoms with E-state index in [-0.39, 0.29) is 0 Å². The van der Waals surface area contributed by atoms with E-state index in [0.717, 1.165) is 30.4 Å². The monoisotopic (exact) mass is 258 g/mol. The molecule has 3 rings (SSSR count). The predicted molar refractivity (Wildman–Crippen MR) is 78.3 cm³/mol. The summed E-state index contributed by atoms with van der Waals surface area (Å²) < 4.78 is 5.79. The van der Waals surface area contributed by atoms with Crippen molar-refractivity contribution in [3.63, 3.8) is 0 Å². The lowest BCUT2D eigenvalue weighted by Crippen LogP contribution is -2.24.